The molecule has 1 amide bonds. The van der Waals surface area contributed by atoms with Crippen molar-refractivity contribution >= 4 is 34.7 Å². The highest BCUT2D eigenvalue weighted by Gasteiger charge is 2.47. The minimum absolute atomic E-state index is 0.0248. The quantitative estimate of drug-likeness (QED) is 0.310. The van der Waals surface area contributed by atoms with Crippen molar-refractivity contribution < 1.29 is 19.4 Å². The summed E-state index contributed by atoms with van der Waals surface area (Å²) in [6.45, 7) is 4.34. The van der Waals surface area contributed by atoms with E-state index in [1.165, 1.54) is 4.90 Å². The maximum atomic E-state index is 13.2. The summed E-state index contributed by atoms with van der Waals surface area (Å²) in [6.07, 6.45) is 0. The van der Waals surface area contributed by atoms with E-state index in [4.69, 9.17) is 16.3 Å². The number of amides is 1. The van der Waals surface area contributed by atoms with Crippen molar-refractivity contribution in [3.8, 4) is 5.75 Å². The van der Waals surface area contributed by atoms with Gasteiger partial charge in [-0.1, -0.05) is 53.6 Å². The third kappa shape index (κ3) is 3.99. The van der Waals surface area contributed by atoms with Crippen LogP contribution in [0.15, 0.2) is 78.4 Å². The highest BCUT2D eigenvalue weighted by Crippen LogP contribution is 2.42. The Hall–Kier alpha value is -3.57. The van der Waals surface area contributed by atoms with Crippen LogP contribution in [0.1, 0.15) is 29.7 Å². The second kappa shape index (κ2) is 8.89. The molecule has 0 saturated carbocycles. The third-order valence-electron chi connectivity index (χ3n) is 5.33. The molecule has 1 fully saturated rings. The first-order valence-corrected chi connectivity index (χ1v) is 10.6. The normalized spacial score (nSPS) is 17.6. The molecule has 3 aromatic rings. The van der Waals surface area contributed by atoms with Crippen molar-refractivity contribution in [2.24, 2.45) is 0 Å². The van der Waals surface area contributed by atoms with Crippen LogP contribution < -0.4 is 9.64 Å². The first-order chi connectivity index (χ1) is 15.4. The van der Waals surface area contributed by atoms with Gasteiger partial charge in [0.2, 0.25) is 0 Å². The number of carbonyl (C=O) groups is 2. The molecule has 1 aliphatic heterocycles. The number of rotatable bonds is 5. The van der Waals surface area contributed by atoms with Crippen LogP contribution in [-0.2, 0) is 9.59 Å². The minimum atomic E-state index is -0.785. The number of hydrogen-bond acceptors (Lipinski definition) is 4. The molecule has 3 aromatic carbocycles. The predicted octanol–water partition coefficient (Wildman–Crippen LogP) is 5.67. The summed E-state index contributed by atoms with van der Waals surface area (Å²) >= 11 is 6.09. The summed E-state index contributed by atoms with van der Waals surface area (Å²) in [5.41, 5.74) is 2.63. The molecule has 0 aliphatic carbocycles. The molecular formula is C26H22ClNO4. The van der Waals surface area contributed by atoms with Crippen LogP contribution in [0.5, 0.6) is 5.75 Å². The van der Waals surface area contributed by atoms with E-state index >= 15 is 0 Å². The van der Waals surface area contributed by atoms with Crippen LogP contribution in [0.25, 0.3) is 5.76 Å². The molecule has 0 radical (unpaired) electrons. The van der Waals surface area contributed by atoms with E-state index in [2.05, 4.69) is 0 Å². The number of hydrogen-bond donors (Lipinski definition) is 1. The topological polar surface area (TPSA) is 66.8 Å². The zero-order valence-corrected chi connectivity index (χ0v) is 18.5. The summed E-state index contributed by atoms with van der Waals surface area (Å²) in [5.74, 6) is -1.04. The van der Waals surface area contributed by atoms with Crippen molar-refractivity contribution in [2.75, 3.05) is 11.5 Å². The molecule has 5 nitrogen and oxygen atoms in total. The zero-order chi connectivity index (χ0) is 22.8. The maximum Gasteiger partial charge on any atom is 0.300 e. The lowest BCUT2D eigenvalue weighted by Crippen LogP contribution is -2.29. The maximum absolute atomic E-state index is 13.2. The van der Waals surface area contributed by atoms with Crippen LogP contribution >= 0.6 is 11.6 Å². The van der Waals surface area contributed by atoms with Crippen LogP contribution in [-0.4, -0.2) is 23.4 Å². The van der Waals surface area contributed by atoms with Crippen molar-refractivity contribution in [1.29, 1.82) is 0 Å². The Bertz CT molecular complexity index is 1220. The van der Waals surface area contributed by atoms with E-state index in [9.17, 15) is 14.7 Å². The SMILES string of the molecule is CCOc1ccc(N2C(=O)C(=O)/C(=C(\O)c3cccc(Cl)c3)C2c2cccc(C)c2)cc1. The van der Waals surface area contributed by atoms with Gasteiger partial charge in [-0.2, -0.15) is 0 Å². The number of aliphatic hydroxyl groups excluding tert-OH is 1. The standard InChI is InChI=1S/C26H22ClNO4/c1-3-32-21-12-10-20(11-13-21)28-23(17-7-4-6-16(2)14-17)22(25(30)26(28)31)24(29)18-8-5-9-19(27)15-18/h4-15,23,29H,3H2,1-2H3/b24-22-. The van der Waals surface area contributed by atoms with E-state index in [1.807, 2.05) is 38.1 Å². The number of nitrogens with zero attached hydrogens (tertiary/aromatic N) is 1. The molecule has 32 heavy (non-hydrogen) atoms. The number of carbonyl (C=O) groups excluding carboxylic acids is 2. The Kier molecular flexibility index (Phi) is 6.01. The first-order valence-electron chi connectivity index (χ1n) is 10.3. The average molecular weight is 448 g/mol. The van der Waals surface area contributed by atoms with Crippen molar-refractivity contribution in [3.05, 3.63) is 100 Å². The van der Waals surface area contributed by atoms with Gasteiger partial charge in [0.1, 0.15) is 11.5 Å². The monoisotopic (exact) mass is 447 g/mol. The molecule has 1 atom stereocenters. The number of anilines is 1. The van der Waals surface area contributed by atoms with E-state index < -0.39 is 17.7 Å². The highest BCUT2D eigenvalue weighted by atomic mass is 35.5. The van der Waals surface area contributed by atoms with Crippen molar-refractivity contribution in [3.63, 3.8) is 0 Å². The number of aryl methyl sites for hydroxylation is 1. The molecule has 0 bridgehead atoms. The van der Waals surface area contributed by atoms with Gasteiger partial charge >= 0.3 is 0 Å². The van der Waals surface area contributed by atoms with Crippen LogP contribution in [0.2, 0.25) is 5.02 Å². The molecule has 162 valence electrons. The Morgan fingerprint density at radius 3 is 2.41 bits per heavy atom. The van der Waals surface area contributed by atoms with Gasteiger partial charge in [-0.15, -0.1) is 0 Å². The Labute approximate surface area is 191 Å². The van der Waals surface area contributed by atoms with Gasteiger partial charge in [-0.25, -0.2) is 0 Å². The van der Waals surface area contributed by atoms with E-state index in [1.54, 1.807) is 48.5 Å². The average Bonchev–Trinajstić information content (AvgIpc) is 3.05. The fourth-order valence-electron chi connectivity index (χ4n) is 3.92. The number of Topliss-reactive ketones (excluding diaryl/α,β-unsaturated/α-hetero) is 1. The largest absolute Gasteiger partial charge is 0.507 e. The lowest BCUT2D eigenvalue weighted by molar-refractivity contribution is -0.132. The summed E-state index contributed by atoms with van der Waals surface area (Å²) in [7, 11) is 0. The molecule has 0 spiro atoms. The van der Waals surface area contributed by atoms with Gasteiger partial charge in [0.25, 0.3) is 11.7 Å². The summed E-state index contributed by atoms with van der Waals surface area (Å²) < 4.78 is 5.49. The highest BCUT2D eigenvalue weighted by molar-refractivity contribution is 6.51. The van der Waals surface area contributed by atoms with Gasteiger partial charge < -0.3 is 9.84 Å². The lowest BCUT2D eigenvalue weighted by Gasteiger charge is -2.26. The molecule has 1 saturated heterocycles. The van der Waals surface area contributed by atoms with Crippen LogP contribution in [0.4, 0.5) is 5.69 Å². The smallest absolute Gasteiger partial charge is 0.300 e. The molecule has 1 heterocycles. The third-order valence-corrected chi connectivity index (χ3v) is 5.56. The fraction of sp³-hybridized carbons (Fsp3) is 0.154. The van der Waals surface area contributed by atoms with Crippen LogP contribution in [0.3, 0.4) is 0 Å². The molecule has 1 unspecified atom stereocenters. The van der Waals surface area contributed by atoms with E-state index in [-0.39, 0.29) is 11.3 Å². The summed E-state index contributed by atoms with van der Waals surface area (Å²) in [5, 5.41) is 11.5. The van der Waals surface area contributed by atoms with Gasteiger partial charge in [0.05, 0.1) is 18.2 Å². The minimum Gasteiger partial charge on any atom is -0.507 e. The predicted molar refractivity (Wildman–Crippen MR) is 125 cm³/mol. The molecule has 0 aromatic heterocycles. The Morgan fingerprint density at radius 2 is 1.75 bits per heavy atom. The number of aliphatic hydroxyl groups is 1. The van der Waals surface area contributed by atoms with E-state index in [0.717, 1.165) is 11.1 Å². The molecular weight excluding hydrogens is 426 g/mol. The van der Waals surface area contributed by atoms with Crippen LogP contribution in [0, 0.1) is 6.92 Å². The summed E-state index contributed by atoms with van der Waals surface area (Å²) in [4.78, 5) is 27.8. The van der Waals surface area contributed by atoms with Gasteiger partial charge in [0.15, 0.2) is 0 Å². The molecule has 4 rings (SSSR count). The lowest BCUT2D eigenvalue weighted by atomic mass is 9.94. The van der Waals surface area contributed by atoms with Gasteiger partial charge in [-0.05, 0) is 55.8 Å². The Morgan fingerprint density at radius 1 is 1.03 bits per heavy atom. The number of ether oxygens (including phenoxy) is 1. The van der Waals surface area contributed by atoms with Crippen molar-refractivity contribution in [1.82, 2.24) is 0 Å². The second-order valence-electron chi connectivity index (χ2n) is 7.52. The summed E-state index contributed by atoms with van der Waals surface area (Å²) in [6, 6.07) is 20.3. The second-order valence-corrected chi connectivity index (χ2v) is 7.96. The zero-order valence-electron chi connectivity index (χ0n) is 17.7. The molecule has 1 N–H and O–H groups in total. The fourth-order valence-corrected chi connectivity index (χ4v) is 4.11. The van der Waals surface area contributed by atoms with Crippen molar-refractivity contribution in [2.45, 2.75) is 19.9 Å². The number of halogens is 1. The van der Waals surface area contributed by atoms with Gasteiger partial charge in [0, 0.05) is 16.3 Å². The Balaban J connectivity index is 1.90. The van der Waals surface area contributed by atoms with Gasteiger partial charge in [-0.3, -0.25) is 14.5 Å². The molecule has 1 aliphatic rings. The molecule has 6 heteroatoms. The first kappa shape index (κ1) is 21.7. The number of benzene rings is 3. The number of ketones is 1. The van der Waals surface area contributed by atoms with E-state index in [0.29, 0.717) is 28.6 Å².